The molecule has 3 rings (SSSR count). The van der Waals surface area contributed by atoms with Crippen molar-refractivity contribution in [3.8, 4) is 0 Å². The van der Waals surface area contributed by atoms with Crippen LogP contribution in [-0.4, -0.2) is 16.8 Å². The smallest absolute Gasteiger partial charge is 0.275 e. The first kappa shape index (κ1) is 15.6. The van der Waals surface area contributed by atoms with Crippen LogP contribution in [0.3, 0.4) is 0 Å². The Balaban J connectivity index is 1.73. The molecule has 1 saturated carbocycles. The van der Waals surface area contributed by atoms with E-state index in [1.165, 1.54) is 11.3 Å². The van der Waals surface area contributed by atoms with E-state index < -0.39 is 0 Å². The fourth-order valence-corrected chi connectivity index (χ4v) is 2.77. The lowest BCUT2D eigenvalue weighted by atomic mass is 10.1. The van der Waals surface area contributed by atoms with E-state index in [1.54, 1.807) is 11.4 Å². The van der Waals surface area contributed by atoms with Crippen LogP contribution in [-0.2, 0) is 11.3 Å². The molecular formula is C16H18N4O2S. The maximum Gasteiger partial charge on any atom is 0.275 e. The van der Waals surface area contributed by atoms with E-state index in [0.717, 1.165) is 23.4 Å². The molecule has 0 aliphatic heterocycles. The van der Waals surface area contributed by atoms with Crippen LogP contribution in [0.15, 0.2) is 23.6 Å². The second kappa shape index (κ2) is 6.47. The monoisotopic (exact) mass is 330 g/mol. The summed E-state index contributed by atoms with van der Waals surface area (Å²) in [6.45, 7) is 2.22. The number of carbonyl (C=O) groups excluding carboxylic acids is 2. The Kier molecular flexibility index (Phi) is 4.40. The zero-order chi connectivity index (χ0) is 16.4. The van der Waals surface area contributed by atoms with Crippen LogP contribution in [0, 0.1) is 12.8 Å². The second-order valence-corrected chi connectivity index (χ2v) is 6.52. The van der Waals surface area contributed by atoms with Crippen molar-refractivity contribution in [1.82, 2.24) is 4.98 Å². The quantitative estimate of drug-likeness (QED) is 0.784. The molecule has 0 atom stereocenters. The van der Waals surface area contributed by atoms with Gasteiger partial charge in [0, 0.05) is 29.2 Å². The minimum atomic E-state index is -0.283. The third-order valence-corrected chi connectivity index (χ3v) is 4.53. The summed E-state index contributed by atoms with van der Waals surface area (Å²) in [5.41, 5.74) is 8.12. The number of benzene rings is 1. The molecule has 1 aromatic heterocycles. The fraction of sp³-hybridized carbons (Fsp3) is 0.312. The number of nitrogens with zero attached hydrogens (tertiary/aromatic N) is 1. The van der Waals surface area contributed by atoms with Crippen molar-refractivity contribution in [3.05, 3.63) is 39.8 Å². The van der Waals surface area contributed by atoms with Gasteiger partial charge in [0.25, 0.3) is 5.91 Å². The number of amides is 2. The van der Waals surface area contributed by atoms with Gasteiger partial charge < -0.3 is 16.4 Å². The number of nitrogens with two attached hydrogens (primary N) is 1. The molecule has 2 amide bonds. The maximum atomic E-state index is 12.3. The van der Waals surface area contributed by atoms with Crippen LogP contribution in [0.25, 0.3) is 0 Å². The summed E-state index contributed by atoms with van der Waals surface area (Å²) in [5, 5.41) is 8.12. The Morgan fingerprint density at radius 3 is 2.78 bits per heavy atom. The van der Waals surface area contributed by atoms with E-state index in [-0.39, 0.29) is 17.7 Å². The number of nitrogens with one attached hydrogen (secondary N) is 2. The summed E-state index contributed by atoms with van der Waals surface area (Å²) < 4.78 is 0. The summed E-state index contributed by atoms with van der Waals surface area (Å²) in [5.74, 6) is -0.105. The summed E-state index contributed by atoms with van der Waals surface area (Å²) >= 11 is 1.36. The van der Waals surface area contributed by atoms with Crippen molar-refractivity contribution >= 4 is 34.5 Å². The first-order chi connectivity index (χ1) is 11.1. The van der Waals surface area contributed by atoms with Crippen LogP contribution in [0.1, 0.15) is 33.9 Å². The Bertz CT molecular complexity index is 752. The maximum absolute atomic E-state index is 12.3. The highest BCUT2D eigenvalue weighted by Crippen LogP contribution is 2.31. The molecule has 6 nitrogen and oxygen atoms in total. The molecule has 0 bridgehead atoms. The molecule has 7 heteroatoms. The molecule has 0 spiro atoms. The summed E-state index contributed by atoms with van der Waals surface area (Å²) in [7, 11) is 0. The highest BCUT2D eigenvalue weighted by molar-refractivity contribution is 7.09. The zero-order valence-corrected chi connectivity index (χ0v) is 13.6. The predicted octanol–water partition coefficient (Wildman–Crippen LogP) is 2.51. The normalized spacial score (nSPS) is 13.7. The van der Waals surface area contributed by atoms with Crippen molar-refractivity contribution in [2.75, 3.05) is 10.6 Å². The van der Waals surface area contributed by atoms with Gasteiger partial charge in [0.2, 0.25) is 5.91 Å². The van der Waals surface area contributed by atoms with Gasteiger partial charge in [-0.1, -0.05) is 6.07 Å². The van der Waals surface area contributed by atoms with Gasteiger partial charge in [-0.3, -0.25) is 9.59 Å². The van der Waals surface area contributed by atoms with E-state index in [1.807, 2.05) is 19.1 Å². The Labute approximate surface area is 138 Å². The second-order valence-electron chi connectivity index (χ2n) is 5.58. The van der Waals surface area contributed by atoms with Crippen LogP contribution < -0.4 is 16.4 Å². The standard InChI is InChI=1S/C16H18N4O2S/c1-9-2-5-11(18-15(21)10-3-4-10)6-12(9)20-16(22)13-8-23-14(7-17)19-13/h2,5-6,8,10H,3-4,7,17H2,1H3,(H,18,21)(H,20,22). The molecule has 120 valence electrons. The SMILES string of the molecule is Cc1ccc(NC(=O)C2CC2)cc1NC(=O)c1csc(CN)n1. The van der Waals surface area contributed by atoms with Crippen molar-refractivity contribution in [3.63, 3.8) is 0 Å². The van der Waals surface area contributed by atoms with Gasteiger partial charge in [0.15, 0.2) is 0 Å². The van der Waals surface area contributed by atoms with Crippen LogP contribution in [0.4, 0.5) is 11.4 Å². The number of aromatic nitrogens is 1. The highest BCUT2D eigenvalue weighted by atomic mass is 32.1. The summed E-state index contributed by atoms with van der Waals surface area (Å²) in [4.78, 5) is 28.3. The third-order valence-electron chi connectivity index (χ3n) is 3.66. The number of anilines is 2. The van der Waals surface area contributed by atoms with Crippen LogP contribution in [0.5, 0.6) is 0 Å². The predicted molar refractivity (Wildman–Crippen MR) is 90.5 cm³/mol. The van der Waals surface area contributed by atoms with Crippen LogP contribution in [0.2, 0.25) is 0 Å². The Morgan fingerprint density at radius 1 is 1.35 bits per heavy atom. The molecule has 4 N–H and O–H groups in total. The Hall–Kier alpha value is -2.25. The minimum Gasteiger partial charge on any atom is -0.326 e. The van der Waals surface area contributed by atoms with Crippen molar-refractivity contribution in [2.24, 2.45) is 11.7 Å². The molecule has 1 fully saturated rings. The highest BCUT2D eigenvalue weighted by Gasteiger charge is 2.29. The lowest BCUT2D eigenvalue weighted by Gasteiger charge is -2.11. The summed E-state index contributed by atoms with van der Waals surface area (Å²) in [6.07, 6.45) is 1.91. The average molecular weight is 330 g/mol. The van der Waals surface area contributed by atoms with E-state index in [2.05, 4.69) is 15.6 Å². The minimum absolute atomic E-state index is 0.0400. The number of hydrogen-bond acceptors (Lipinski definition) is 5. The molecule has 1 aromatic carbocycles. The lowest BCUT2D eigenvalue weighted by Crippen LogP contribution is -2.16. The fourth-order valence-electron chi connectivity index (χ4n) is 2.12. The van der Waals surface area contributed by atoms with Crippen LogP contribution >= 0.6 is 11.3 Å². The van der Waals surface area contributed by atoms with E-state index in [4.69, 9.17) is 5.73 Å². The number of carbonyl (C=O) groups is 2. The number of aryl methyl sites for hydroxylation is 1. The van der Waals surface area contributed by atoms with Crippen molar-refractivity contribution in [1.29, 1.82) is 0 Å². The largest absolute Gasteiger partial charge is 0.326 e. The van der Waals surface area contributed by atoms with Gasteiger partial charge in [-0.05, 0) is 37.5 Å². The Morgan fingerprint density at radius 2 is 2.13 bits per heavy atom. The van der Waals surface area contributed by atoms with E-state index >= 15 is 0 Å². The van der Waals surface area contributed by atoms with Crippen molar-refractivity contribution < 1.29 is 9.59 Å². The number of thiazole rings is 1. The summed E-state index contributed by atoms with van der Waals surface area (Å²) in [6, 6.07) is 5.47. The van der Waals surface area contributed by atoms with Gasteiger partial charge in [-0.15, -0.1) is 11.3 Å². The molecule has 0 unspecified atom stereocenters. The molecule has 1 aliphatic rings. The first-order valence-corrected chi connectivity index (χ1v) is 8.32. The topological polar surface area (TPSA) is 97.1 Å². The number of rotatable bonds is 5. The van der Waals surface area contributed by atoms with E-state index in [9.17, 15) is 9.59 Å². The molecule has 23 heavy (non-hydrogen) atoms. The zero-order valence-electron chi connectivity index (χ0n) is 12.8. The van der Waals surface area contributed by atoms with Gasteiger partial charge in [0.05, 0.1) is 0 Å². The molecule has 2 aromatic rings. The van der Waals surface area contributed by atoms with Gasteiger partial charge in [-0.2, -0.15) is 0 Å². The molecular weight excluding hydrogens is 312 g/mol. The lowest BCUT2D eigenvalue weighted by molar-refractivity contribution is -0.117. The van der Waals surface area contributed by atoms with E-state index in [0.29, 0.717) is 23.6 Å². The third kappa shape index (κ3) is 3.75. The average Bonchev–Trinajstić information content (AvgIpc) is 3.28. The van der Waals surface area contributed by atoms with Gasteiger partial charge >= 0.3 is 0 Å². The van der Waals surface area contributed by atoms with Gasteiger partial charge in [-0.25, -0.2) is 4.98 Å². The van der Waals surface area contributed by atoms with Gasteiger partial charge in [0.1, 0.15) is 10.7 Å². The molecule has 0 radical (unpaired) electrons. The first-order valence-electron chi connectivity index (χ1n) is 7.44. The number of hydrogen-bond donors (Lipinski definition) is 3. The molecule has 1 heterocycles. The molecule has 1 aliphatic carbocycles. The van der Waals surface area contributed by atoms with Crippen molar-refractivity contribution in [2.45, 2.75) is 26.3 Å². The molecule has 0 saturated heterocycles.